The smallest absolute Gasteiger partial charge is 0.220 e. The maximum absolute atomic E-state index is 11.6. The quantitative estimate of drug-likeness (QED) is 0.704. The van der Waals surface area contributed by atoms with Crippen molar-refractivity contribution >= 4 is 5.91 Å². The van der Waals surface area contributed by atoms with Gasteiger partial charge in [-0.25, -0.2) is 0 Å². The van der Waals surface area contributed by atoms with Crippen LogP contribution < -0.4 is 10.6 Å². The van der Waals surface area contributed by atoms with Gasteiger partial charge in [-0.1, -0.05) is 6.92 Å². The van der Waals surface area contributed by atoms with Crippen LogP contribution in [0.1, 0.15) is 32.6 Å². The molecule has 0 aromatic heterocycles. The predicted molar refractivity (Wildman–Crippen MR) is 68.9 cm³/mol. The molecule has 1 atom stereocenters. The van der Waals surface area contributed by atoms with Crippen LogP contribution in [-0.2, 0) is 9.53 Å². The number of amides is 1. The van der Waals surface area contributed by atoms with Crippen molar-refractivity contribution in [2.45, 2.75) is 32.6 Å². The van der Waals surface area contributed by atoms with Crippen LogP contribution in [0.2, 0.25) is 0 Å². The molecule has 0 spiro atoms. The van der Waals surface area contributed by atoms with Crippen LogP contribution >= 0.6 is 0 Å². The third kappa shape index (κ3) is 6.64. The normalized spacial score (nSPS) is 18.9. The lowest BCUT2D eigenvalue weighted by Crippen LogP contribution is -2.31. The molecule has 4 heteroatoms. The Morgan fingerprint density at radius 1 is 1.47 bits per heavy atom. The summed E-state index contributed by atoms with van der Waals surface area (Å²) in [6.45, 7) is 5.72. The zero-order valence-electron chi connectivity index (χ0n) is 11.1. The maximum Gasteiger partial charge on any atom is 0.220 e. The van der Waals surface area contributed by atoms with Crippen LogP contribution in [0.3, 0.4) is 0 Å². The van der Waals surface area contributed by atoms with Gasteiger partial charge < -0.3 is 15.4 Å². The molecule has 1 fully saturated rings. The van der Waals surface area contributed by atoms with Gasteiger partial charge in [-0.2, -0.15) is 0 Å². The summed E-state index contributed by atoms with van der Waals surface area (Å²) in [5.74, 6) is 1.31. The fourth-order valence-electron chi connectivity index (χ4n) is 2.23. The number of carbonyl (C=O) groups excluding carboxylic acids is 1. The van der Waals surface area contributed by atoms with E-state index in [4.69, 9.17) is 4.74 Å². The Morgan fingerprint density at radius 3 is 2.82 bits per heavy atom. The van der Waals surface area contributed by atoms with Crippen molar-refractivity contribution in [3.8, 4) is 0 Å². The van der Waals surface area contributed by atoms with Gasteiger partial charge in [0.2, 0.25) is 5.91 Å². The Kier molecular flexibility index (Phi) is 7.21. The van der Waals surface area contributed by atoms with E-state index in [-0.39, 0.29) is 5.91 Å². The van der Waals surface area contributed by atoms with E-state index >= 15 is 0 Å². The first-order chi connectivity index (χ1) is 8.22. The number of hydrogen-bond acceptors (Lipinski definition) is 3. The average molecular weight is 242 g/mol. The van der Waals surface area contributed by atoms with E-state index in [1.54, 1.807) is 7.11 Å². The highest BCUT2D eigenvalue weighted by Gasteiger charge is 2.14. The molecule has 1 unspecified atom stereocenters. The first kappa shape index (κ1) is 14.5. The molecular weight excluding hydrogens is 216 g/mol. The van der Waals surface area contributed by atoms with E-state index in [2.05, 4.69) is 17.6 Å². The first-order valence-corrected chi connectivity index (χ1v) is 6.68. The van der Waals surface area contributed by atoms with E-state index < -0.39 is 0 Å². The summed E-state index contributed by atoms with van der Waals surface area (Å²) in [6, 6.07) is 0. The van der Waals surface area contributed by atoms with Gasteiger partial charge in [-0.3, -0.25) is 4.79 Å². The largest absolute Gasteiger partial charge is 0.384 e. The Bertz CT molecular complexity index is 215. The number of carbonyl (C=O) groups is 1. The molecule has 1 aliphatic rings. The van der Waals surface area contributed by atoms with Gasteiger partial charge in [0.15, 0.2) is 0 Å². The van der Waals surface area contributed by atoms with E-state index in [0.29, 0.717) is 18.9 Å². The molecule has 1 rings (SSSR count). The van der Waals surface area contributed by atoms with Gasteiger partial charge >= 0.3 is 0 Å². The van der Waals surface area contributed by atoms with E-state index in [0.717, 1.165) is 32.0 Å². The lowest BCUT2D eigenvalue weighted by molar-refractivity contribution is -0.121. The maximum atomic E-state index is 11.6. The Hall–Kier alpha value is -0.610. The first-order valence-electron chi connectivity index (χ1n) is 6.68. The average Bonchev–Trinajstić information content (AvgIpc) is 2.35. The minimum atomic E-state index is 0.187. The third-order valence-electron chi connectivity index (χ3n) is 3.34. The van der Waals surface area contributed by atoms with Gasteiger partial charge in [0, 0.05) is 20.1 Å². The van der Waals surface area contributed by atoms with Crippen LogP contribution in [0.5, 0.6) is 0 Å². The van der Waals surface area contributed by atoms with Crippen molar-refractivity contribution in [2.75, 3.05) is 33.4 Å². The molecule has 1 saturated heterocycles. The second kappa shape index (κ2) is 8.48. The highest BCUT2D eigenvalue weighted by molar-refractivity contribution is 5.75. The van der Waals surface area contributed by atoms with Gasteiger partial charge in [0.1, 0.15) is 0 Å². The van der Waals surface area contributed by atoms with Crippen molar-refractivity contribution in [3.05, 3.63) is 0 Å². The van der Waals surface area contributed by atoms with E-state index in [1.807, 2.05) is 0 Å². The van der Waals surface area contributed by atoms with E-state index in [1.165, 1.54) is 12.8 Å². The van der Waals surface area contributed by atoms with Crippen molar-refractivity contribution in [2.24, 2.45) is 11.8 Å². The zero-order chi connectivity index (χ0) is 12.5. The summed E-state index contributed by atoms with van der Waals surface area (Å²) < 4.78 is 5.03. The molecule has 0 radical (unpaired) electrons. The molecule has 0 aromatic rings. The van der Waals surface area contributed by atoms with Crippen molar-refractivity contribution < 1.29 is 9.53 Å². The predicted octanol–water partition coefficient (Wildman–Crippen LogP) is 1.16. The van der Waals surface area contributed by atoms with E-state index in [9.17, 15) is 4.79 Å². The standard InChI is InChI=1S/C13H26N2O2/c1-11(10-17-2)9-15-13(16)4-3-12-5-7-14-8-6-12/h11-12,14H,3-10H2,1-2H3,(H,15,16). The van der Waals surface area contributed by atoms with Crippen LogP contribution in [0, 0.1) is 11.8 Å². The van der Waals surface area contributed by atoms with Crippen molar-refractivity contribution in [1.82, 2.24) is 10.6 Å². The molecule has 4 nitrogen and oxygen atoms in total. The summed E-state index contributed by atoms with van der Waals surface area (Å²) in [6.07, 6.45) is 4.14. The molecule has 0 bridgehead atoms. The third-order valence-corrected chi connectivity index (χ3v) is 3.34. The molecule has 0 saturated carbocycles. The molecule has 100 valence electrons. The highest BCUT2D eigenvalue weighted by atomic mass is 16.5. The minimum Gasteiger partial charge on any atom is -0.384 e. The van der Waals surface area contributed by atoms with Gasteiger partial charge in [0.25, 0.3) is 0 Å². The van der Waals surface area contributed by atoms with Gasteiger partial charge in [-0.15, -0.1) is 0 Å². The SMILES string of the molecule is COCC(C)CNC(=O)CCC1CCNCC1. The van der Waals surface area contributed by atoms with Crippen LogP contribution in [0.4, 0.5) is 0 Å². The molecule has 1 aliphatic heterocycles. The molecule has 0 aliphatic carbocycles. The van der Waals surface area contributed by atoms with Gasteiger partial charge in [-0.05, 0) is 44.2 Å². The summed E-state index contributed by atoms with van der Waals surface area (Å²) in [4.78, 5) is 11.6. The topological polar surface area (TPSA) is 50.4 Å². The second-order valence-corrected chi connectivity index (χ2v) is 5.10. The molecular formula is C13H26N2O2. The Morgan fingerprint density at radius 2 is 2.18 bits per heavy atom. The Labute approximate surface area is 104 Å². The number of nitrogens with one attached hydrogen (secondary N) is 2. The molecule has 1 heterocycles. The lowest BCUT2D eigenvalue weighted by atomic mass is 9.93. The fraction of sp³-hybridized carbons (Fsp3) is 0.923. The minimum absolute atomic E-state index is 0.187. The van der Waals surface area contributed by atoms with Crippen LogP contribution in [0.25, 0.3) is 0 Å². The van der Waals surface area contributed by atoms with Crippen LogP contribution in [-0.4, -0.2) is 39.3 Å². The number of methoxy groups -OCH3 is 1. The van der Waals surface area contributed by atoms with Crippen LogP contribution in [0.15, 0.2) is 0 Å². The lowest BCUT2D eigenvalue weighted by Gasteiger charge is -2.22. The summed E-state index contributed by atoms with van der Waals surface area (Å²) >= 11 is 0. The van der Waals surface area contributed by atoms with Crippen molar-refractivity contribution in [3.63, 3.8) is 0 Å². The molecule has 1 amide bonds. The number of piperidine rings is 1. The summed E-state index contributed by atoms with van der Waals surface area (Å²) in [5.41, 5.74) is 0. The fourth-order valence-corrected chi connectivity index (χ4v) is 2.23. The summed E-state index contributed by atoms with van der Waals surface area (Å²) in [7, 11) is 1.69. The Balaban J connectivity index is 2.04. The molecule has 0 aromatic carbocycles. The highest BCUT2D eigenvalue weighted by Crippen LogP contribution is 2.17. The summed E-state index contributed by atoms with van der Waals surface area (Å²) in [5, 5.41) is 6.31. The second-order valence-electron chi connectivity index (χ2n) is 5.10. The van der Waals surface area contributed by atoms with Gasteiger partial charge in [0.05, 0.1) is 6.61 Å². The number of ether oxygens (including phenoxy) is 1. The van der Waals surface area contributed by atoms with Crippen molar-refractivity contribution in [1.29, 1.82) is 0 Å². The number of rotatable bonds is 7. The number of hydrogen-bond donors (Lipinski definition) is 2. The molecule has 17 heavy (non-hydrogen) atoms. The zero-order valence-corrected chi connectivity index (χ0v) is 11.1. The molecule has 2 N–H and O–H groups in total. The monoisotopic (exact) mass is 242 g/mol.